The summed E-state index contributed by atoms with van der Waals surface area (Å²) in [6.45, 7) is 2.43. The summed E-state index contributed by atoms with van der Waals surface area (Å²) in [6, 6.07) is 1.50. The van der Waals surface area contributed by atoms with Crippen molar-refractivity contribution in [3.8, 4) is 0 Å². The van der Waals surface area contributed by atoms with Gasteiger partial charge in [0.25, 0.3) is 0 Å². The molecule has 7 heteroatoms. The lowest BCUT2D eigenvalue weighted by molar-refractivity contribution is 0.573. The zero-order valence-corrected chi connectivity index (χ0v) is 12.4. The lowest BCUT2D eigenvalue weighted by Crippen LogP contribution is -2.26. The highest BCUT2D eigenvalue weighted by Gasteiger charge is 2.30. The number of hydrogen-bond acceptors (Lipinski definition) is 4. The smallest absolute Gasteiger partial charge is 0.154 e. The third-order valence-electron chi connectivity index (χ3n) is 3.01. The highest BCUT2D eigenvalue weighted by atomic mass is 35.5. The first-order valence-corrected chi connectivity index (χ1v) is 8.58. The van der Waals surface area contributed by atoms with Crippen molar-refractivity contribution >= 4 is 44.4 Å². The minimum atomic E-state index is -3.06. The summed E-state index contributed by atoms with van der Waals surface area (Å²) in [7, 11) is -3.06. The molecule has 1 aromatic rings. The van der Waals surface area contributed by atoms with Crippen molar-refractivity contribution in [2.45, 2.75) is 24.6 Å². The molecule has 3 nitrogen and oxygen atoms in total. The summed E-state index contributed by atoms with van der Waals surface area (Å²) < 4.78 is 25.1. The van der Waals surface area contributed by atoms with Crippen LogP contribution in [-0.2, 0) is 9.84 Å². The van der Waals surface area contributed by atoms with Crippen LogP contribution in [-0.4, -0.2) is 26.0 Å². The molecule has 0 amide bonds. The Labute approximate surface area is 115 Å². The van der Waals surface area contributed by atoms with Crippen molar-refractivity contribution in [2.75, 3.05) is 12.3 Å². The van der Waals surface area contributed by atoms with Crippen LogP contribution in [0.25, 0.3) is 0 Å². The second kappa shape index (κ2) is 5.05. The van der Waals surface area contributed by atoms with Crippen molar-refractivity contribution in [1.82, 2.24) is 5.32 Å². The maximum absolute atomic E-state index is 12.0. The molecule has 0 radical (unpaired) electrons. The maximum Gasteiger partial charge on any atom is 0.154 e. The van der Waals surface area contributed by atoms with Gasteiger partial charge in [0.1, 0.15) is 0 Å². The van der Waals surface area contributed by atoms with Gasteiger partial charge in [-0.15, -0.1) is 11.3 Å². The summed E-state index contributed by atoms with van der Waals surface area (Å²) in [6.07, 6.45) is 0.633. The lowest BCUT2D eigenvalue weighted by atomic mass is 10.2. The van der Waals surface area contributed by atoms with Gasteiger partial charge in [-0.25, -0.2) is 8.42 Å². The predicted octanol–water partition coefficient (Wildman–Crippen LogP) is 2.89. The van der Waals surface area contributed by atoms with Crippen LogP contribution in [0.15, 0.2) is 6.07 Å². The van der Waals surface area contributed by atoms with E-state index in [2.05, 4.69) is 5.32 Å². The van der Waals surface area contributed by atoms with Crippen LogP contribution in [0.2, 0.25) is 8.67 Å². The van der Waals surface area contributed by atoms with E-state index in [0.717, 1.165) is 5.56 Å². The van der Waals surface area contributed by atoms with E-state index in [1.165, 1.54) is 11.3 Å². The van der Waals surface area contributed by atoms with Gasteiger partial charge in [0.05, 0.1) is 19.7 Å². The van der Waals surface area contributed by atoms with Gasteiger partial charge in [-0.05, 0) is 26.0 Å². The van der Waals surface area contributed by atoms with Gasteiger partial charge in [0, 0.05) is 11.6 Å². The third-order valence-corrected chi connectivity index (χ3v) is 6.79. The SMILES string of the molecule is CC1CCNC(c2cc(Cl)sc2Cl)CS1(=O)=O. The van der Waals surface area contributed by atoms with Crippen LogP contribution in [0.3, 0.4) is 0 Å². The van der Waals surface area contributed by atoms with Crippen molar-refractivity contribution in [3.63, 3.8) is 0 Å². The molecule has 2 rings (SSSR count). The Morgan fingerprint density at radius 1 is 1.47 bits per heavy atom. The lowest BCUT2D eigenvalue weighted by Gasteiger charge is -2.14. The molecule has 0 aromatic carbocycles. The number of thiophene rings is 1. The number of rotatable bonds is 1. The maximum atomic E-state index is 12.0. The molecule has 0 saturated carbocycles. The highest BCUT2D eigenvalue weighted by Crippen LogP contribution is 2.36. The van der Waals surface area contributed by atoms with Gasteiger partial charge in [-0.3, -0.25) is 0 Å². The fourth-order valence-electron chi connectivity index (χ4n) is 1.89. The Bertz CT molecular complexity index is 512. The molecule has 17 heavy (non-hydrogen) atoms. The van der Waals surface area contributed by atoms with E-state index < -0.39 is 9.84 Å². The Kier molecular flexibility index (Phi) is 4.05. The molecule has 2 unspecified atom stereocenters. The molecule has 0 aliphatic carbocycles. The van der Waals surface area contributed by atoms with Gasteiger partial charge in [-0.1, -0.05) is 23.2 Å². The van der Waals surface area contributed by atoms with E-state index in [1.54, 1.807) is 13.0 Å². The van der Waals surface area contributed by atoms with E-state index in [9.17, 15) is 8.42 Å². The molecule has 1 N–H and O–H groups in total. The summed E-state index contributed by atoms with van der Waals surface area (Å²) in [5.74, 6) is 0.0843. The molecular formula is C10H13Cl2NO2S2. The highest BCUT2D eigenvalue weighted by molar-refractivity contribution is 7.92. The molecule has 2 atom stereocenters. The van der Waals surface area contributed by atoms with Crippen molar-refractivity contribution in [2.24, 2.45) is 0 Å². The van der Waals surface area contributed by atoms with Crippen LogP contribution < -0.4 is 5.32 Å². The average molecular weight is 314 g/mol. The molecule has 2 heterocycles. The first-order chi connectivity index (χ1) is 7.90. The summed E-state index contributed by atoms with van der Waals surface area (Å²) in [4.78, 5) is 0. The van der Waals surface area contributed by atoms with E-state index in [4.69, 9.17) is 23.2 Å². The standard InChI is InChI=1S/C10H13Cl2NO2S2/c1-6-2-3-13-8(5-17(6,14)15)7-4-9(11)16-10(7)12/h4,6,8,13H,2-3,5H2,1H3. The average Bonchev–Trinajstić information content (AvgIpc) is 2.48. The normalized spacial score (nSPS) is 28.9. The number of nitrogens with one attached hydrogen (secondary N) is 1. The molecule has 0 bridgehead atoms. The van der Waals surface area contributed by atoms with Gasteiger partial charge >= 0.3 is 0 Å². The topological polar surface area (TPSA) is 46.2 Å². The molecule has 0 spiro atoms. The monoisotopic (exact) mass is 313 g/mol. The zero-order chi connectivity index (χ0) is 12.6. The Morgan fingerprint density at radius 3 is 2.76 bits per heavy atom. The van der Waals surface area contributed by atoms with Crippen molar-refractivity contribution < 1.29 is 8.42 Å². The fraction of sp³-hybridized carbons (Fsp3) is 0.600. The van der Waals surface area contributed by atoms with E-state index >= 15 is 0 Å². The van der Waals surface area contributed by atoms with Gasteiger partial charge in [-0.2, -0.15) is 0 Å². The minimum Gasteiger partial charge on any atom is -0.309 e. The zero-order valence-electron chi connectivity index (χ0n) is 9.24. The van der Waals surface area contributed by atoms with Gasteiger partial charge in [0.15, 0.2) is 9.84 Å². The second-order valence-electron chi connectivity index (χ2n) is 4.22. The number of halogens is 2. The molecule has 1 aliphatic rings. The van der Waals surface area contributed by atoms with Crippen molar-refractivity contribution in [3.05, 3.63) is 20.3 Å². The second-order valence-corrected chi connectivity index (χ2v) is 8.96. The first-order valence-electron chi connectivity index (χ1n) is 5.30. The van der Waals surface area contributed by atoms with Crippen LogP contribution in [0.5, 0.6) is 0 Å². The first kappa shape index (κ1) is 13.6. The molecule has 1 aliphatic heterocycles. The summed E-state index contributed by atoms with van der Waals surface area (Å²) >= 11 is 13.2. The van der Waals surface area contributed by atoms with E-state index in [0.29, 0.717) is 21.6 Å². The fourth-order valence-corrected chi connectivity index (χ4v) is 5.03. The molecule has 1 fully saturated rings. The predicted molar refractivity (Wildman–Crippen MR) is 72.9 cm³/mol. The molecular weight excluding hydrogens is 301 g/mol. The summed E-state index contributed by atoms with van der Waals surface area (Å²) in [5, 5.41) is 2.92. The van der Waals surface area contributed by atoms with Crippen LogP contribution in [0, 0.1) is 0 Å². The Hall–Kier alpha value is 0.190. The van der Waals surface area contributed by atoms with Gasteiger partial charge < -0.3 is 5.32 Å². The molecule has 1 aromatic heterocycles. The largest absolute Gasteiger partial charge is 0.309 e. The Morgan fingerprint density at radius 2 is 2.18 bits per heavy atom. The quantitative estimate of drug-likeness (QED) is 0.867. The van der Waals surface area contributed by atoms with Crippen LogP contribution in [0.1, 0.15) is 24.9 Å². The minimum absolute atomic E-state index is 0.0843. The number of hydrogen-bond donors (Lipinski definition) is 1. The van der Waals surface area contributed by atoms with Gasteiger partial charge in [0.2, 0.25) is 0 Å². The van der Waals surface area contributed by atoms with Crippen LogP contribution >= 0.6 is 34.5 Å². The van der Waals surface area contributed by atoms with E-state index in [1.807, 2.05) is 0 Å². The Balaban J connectivity index is 2.31. The summed E-state index contributed by atoms with van der Waals surface area (Å²) in [5.41, 5.74) is 0.791. The molecule has 96 valence electrons. The number of sulfone groups is 1. The third kappa shape index (κ3) is 2.96. The van der Waals surface area contributed by atoms with Crippen molar-refractivity contribution in [1.29, 1.82) is 0 Å². The van der Waals surface area contributed by atoms with E-state index in [-0.39, 0.29) is 17.0 Å². The molecule has 1 saturated heterocycles. The van der Waals surface area contributed by atoms with Crippen LogP contribution in [0.4, 0.5) is 0 Å².